The topological polar surface area (TPSA) is 55.4 Å². The molecule has 0 bridgehead atoms. The summed E-state index contributed by atoms with van der Waals surface area (Å²) in [6, 6.07) is 2.51. The summed E-state index contributed by atoms with van der Waals surface area (Å²) in [5.74, 6) is -3.05. The van der Waals surface area contributed by atoms with E-state index in [0.29, 0.717) is 6.07 Å². The van der Waals surface area contributed by atoms with E-state index in [4.69, 9.17) is 4.74 Å². The standard InChI is InChI=1S/C15H17F2NO3/c16-11-6-10(7-12(17)8-11)15(20)21-9-14(19)18-13-4-2-1-3-5-13/h6-8,13H,1-5,9H2,(H,18,19). The number of halogens is 2. The predicted octanol–water partition coefficient (Wildman–Crippen LogP) is 2.57. The highest BCUT2D eigenvalue weighted by Crippen LogP contribution is 2.17. The first-order valence-electron chi connectivity index (χ1n) is 6.97. The first-order chi connectivity index (χ1) is 10.0. The molecule has 0 unspecified atom stereocenters. The van der Waals surface area contributed by atoms with Crippen molar-refractivity contribution in [1.82, 2.24) is 5.32 Å². The van der Waals surface area contributed by atoms with Crippen LogP contribution in [0, 0.1) is 11.6 Å². The molecule has 21 heavy (non-hydrogen) atoms. The minimum atomic E-state index is -0.924. The maximum Gasteiger partial charge on any atom is 0.338 e. The fourth-order valence-corrected chi connectivity index (χ4v) is 2.40. The van der Waals surface area contributed by atoms with Crippen molar-refractivity contribution in [2.75, 3.05) is 6.61 Å². The highest BCUT2D eigenvalue weighted by molar-refractivity contribution is 5.91. The number of carbonyl (C=O) groups is 2. The van der Waals surface area contributed by atoms with Crippen molar-refractivity contribution in [3.05, 3.63) is 35.4 Å². The van der Waals surface area contributed by atoms with Crippen molar-refractivity contribution in [3.8, 4) is 0 Å². The van der Waals surface area contributed by atoms with Gasteiger partial charge in [-0.05, 0) is 25.0 Å². The van der Waals surface area contributed by atoms with Crippen LogP contribution in [0.25, 0.3) is 0 Å². The normalized spacial score (nSPS) is 15.5. The Bertz CT molecular complexity index is 507. The monoisotopic (exact) mass is 297 g/mol. The SMILES string of the molecule is O=C(COC(=O)c1cc(F)cc(F)c1)NC1CCCCC1. The van der Waals surface area contributed by atoms with Crippen molar-refractivity contribution in [3.63, 3.8) is 0 Å². The molecule has 1 N–H and O–H groups in total. The molecular formula is C15H17F2NO3. The van der Waals surface area contributed by atoms with Gasteiger partial charge in [-0.25, -0.2) is 13.6 Å². The molecule has 0 aromatic heterocycles. The molecule has 4 nitrogen and oxygen atoms in total. The Morgan fingerprint density at radius 1 is 1.10 bits per heavy atom. The Morgan fingerprint density at radius 3 is 2.33 bits per heavy atom. The molecule has 1 amide bonds. The fraction of sp³-hybridized carbons (Fsp3) is 0.467. The van der Waals surface area contributed by atoms with Crippen LogP contribution in [0.2, 0.25) is 0 Å². The molecule has 0 atom stereocenters. The van der Waals surface area contributed by atoms with Gasteiger partial charge < -0.3 is 10.1 Å². The number of benzene rings is 1. The molecule has 1 aromatic carbocycles. The van der Waals surface area contributed by atoms with Gasteiger partial charge in [-0.3, -0.25) is 4.79 Å². The van der Waals surface area contributed by atoms with Crippen molar-refractivity contribution in [2.45, 2.75) is 38.1 Å². The summed E-state index contributed by atoms with van der Waals surface area (Å²) < 4.78 is 30.7. The molecule has 0 heterocycles. The van der Waals surface area contributed by atoms with Crippen LogP contribution in [0.15, 0.2) is 18.2 Å². The summed E-state index contributed by atoms with van der Waals surface area (Å²) in [4.78, 5) is 23.3. The Labute approximate surface area is 121 Å². The Morgan fingerprint density at radius 2 is 1.71 bits per heavy atom. The Balaban J connectivity index is 1.81. The summed E-state index contributed by atoms with van der Waals surface area (Å²) in [6.45, 7) is -0.451. The van der Waals surface area contributed by atoms with Gasteiger partial charge in [0, 0.05) is 12.1 Å². The number of ether oxygens (including phenoxy) is 1. The summed E-state index contributed by atoms with van der Waals surface area (Å²) in [5, 5.41) is 2.78. The lowest BCUT2D eigenvalue weighted by molar-refractivity contribution is -0.125. The summed E-state index contributed by atoms with van der Waals surface area (Å²) in [7, 11) is 0. The molecule has 1 aromatic rings. The highest BCUT2D eigenvalue weighted by Gasteiger charge is 2.17. The highest BCUT2D eigenvalue weighted by atomic mass is 19.1. The third-order valence-electron chi connectivity index (χ3n) is 3.40. The molecule has 0 aliphatic heterocycles. The van der Waals surface area contributed by atoms with E-state index in [1.807, 2.05) is 0 Å². The number of amides is 1. The van der Waals surface area contributed by atoms with Gasteiger partial charge in [-0.15, -0.1) is 0 Å². The van der Waals surface area contributed by atoms with Gasteiger partial charge in [0.25, 0.3) is 5.91 Å². The second kappa shape index (κ2) is 7.15. The number of carbonyl (C=O) groups excluding carboxylic acids is 2. The van der Waals surface area contributed by atoms with Crippen LogP contribution < -0.4 is 5.32 Å². The van der Waals surface area contributed by atoms with Crippen LogP contribution >= 0.6 is 0 Å². The number of esters is 1. The molecule has 114 valence electrons. The summed E-state index contributed by atoms with van der Waals surface area (Å²) in [6.07, 6.45) is 5.18. The zero-order valence-corrected chi connectivity index (χ0v) is 11.5. The molecule has 1 aliphatic rings. The maximum atomic E-state index is 13.0. The zero-order valence-electron chi connectivity index (χ0n) is 11.5. The van der Waals surface area contributed by atoms with E-state index in [9.17, 15) is 18.4 Å². The predicted molar refractivity (Wildman–Crippen MR) is 71.7 cm³/mol. The molecule has 0 spiro atoms. The van der Waals surface area contributed by atoms with Crippen molar-refractivity contribution >= 4 is 11.9 Å². The van der Waals surface area contributed by atoms with Gasteiger partial charge in [0.05, 0.1) is 5.56 Å². The average molecular weight is 297 g/mol. The smallest absolute Gasteiger partial charge is 0.338 e. The van der Waals surface area contributed by atoms with Crippen LogP contribution in [0.5, 0.6) is 0 Å². The molecule has 0 radical (unpaired) electrons. The van der Waals surface area contributed by atoms with E-state index in [-0.39, 0.29) is 11.6 Å². The summed E-state index contributed by atoms with van der Waals surface area (Å²) >= 11 is 0. The fourth-order valence-electron chi connectivity index (χ4n) is 2.40. The van der Waals surface area contributed by atoms with Crippen LogP contribution in [-0.2, 0) is 9.53 Å². The van der Waals surface area contributed by atoms with E-state index in [1.165, 1.54) is 6.42 Å². The number of hydrogen-bond donors (Lipinski definition) is 1. The first kappa shape index (κ1) is 15.4. The Hall–Kier alpha value is -1.98. The van der Waals surface area contributed by atoms with Gasteiger partial charge in [0.1, 0.15) is 11.6 Å². The van der Waals surface area contributed by atoms with E-state index >= 15 is 0 Å². The van der Waals surface area contributed by atoms with Crippen molar-refractivity contribution < 1.29 is 23.1 Å². The number of hydrogen-bond acceptors (Lipinski definition) is 3. The third kappa shape index (κ3) is 4.81. The molecule has 1 aliphatic carbocycles. The van der Waals surface area contributed by atoms with E-state index in [1.54, 1.807) is 0 Å². The van der Waals surface area contributed by atoms with Crippen LogP contribution in [0.1, 0.15) is 42.5 Å². The molecule has 6 heteroatoms. The lowest BCUT2D eigenvalue weighted by Gasteiger charge is -2.22. The molecule has 1 fully saturated rings. The quantitative estimate of drug-likeness (QED) is 0.869. The molecule has 2 rings (SSSR count). The van der Waals surface area contributed by atoms with Gasteiger partial charge in [-0.1, -0.05) is 19.3 Å². The van der Waals surface area contributed by atoms with Crippen LogP contribution in [0.3, 0.4) is 0 Å². The Kier molecular flexibility index (Phi) is 5.25. The summed E-state index contributed by atoms with van der Waals surface area (Å²) in [5.41, 5.74) is -0.252. The van der Waals surface area contributed by atoms with Crippen LogP contribution in [0.4, 0.5) is 8.78 Å². The second-order valence-corrected chi connectivity index (χ2v) is 5.14. The van der Waals surface area contributed by atoms with Gasteiger partial charge in [0.15, 0.2) is 6.61 Å². The molecular weight excluding hydrogens is 280 g/mol. The number of rotatable bonds is 4. The first-order valence-corrected chi connectivity index (χ1v) is 6.97. The molecule has 0 saturated heterocycles. The minimum absolute atomic E-state index is 0.122. The van der Waals surface area contributed by atoms with E-state index < -0.39 is 30.1 Å². The van der Waals surface area contributed by atoms with Gasteiger partial charge in [-0.2, -0.15) is 0 Å². The lowest BCUT2D eigenvalue weighted by Crippen LogP contribution is -2.38. The number of nitrogens with one attached hydrogen (secondary N) is 1. The third-order valence-corrected chi connectivity index (χ3v) is 3.40. The minimum Gasteiger partial charge on any atom is -0.452 e. The van der Waals surface area contributed by atoms with Crippen molar-refractivity contribution in [1.29, 1.82) is 0 Å². The van der Waals surface area contributed by atoms with Crippen molar-refractivity contribution in [2.24, 2.45) is 0 Å². The van der Waals surface area contributed by atoms with Gasteiger partial charge >= 0.3 is 5.97 Å². The second-order valence-electron chi connectivity index (χ2n) is 5.14. The maximum absolute atomic E-state index is 13.0. The molecule has 1 saturated carbocycles. The average Bonchev–Trinajstić information content (AvgIpc) is 2.45. The largest absolute Gasteiger partial charge is 0.452 e. The van der Waals surface area contributed by atoms with E-state index in [2.05, 4.69) is 5.32 Å². The zero-order chi connectivity index (χ0) is 15.2. The van der Waals surface area contributed by atoms with E-state index in [0.717, 1.165) is 37.8 Å². The van der Waals surface area contributed by atoms with Gasteiger partial charge in [0.2, 0.25) is 0 Å². The lowest BCUT2D eigenvalue weighted by atomic mass is 9.95. The van der Waals surface area contributed by atoms with Crippen LogP contribution in [-0.4, -0.2) is 24.5 Å².